The number of piperidine rings is 1. The van der Waals surface area contributed by atoms with Gasteiger partial charge in [-0.2, -0.15) is 0 Å². The number of likely N-dealkylation sites (tertiary alicyclic amines) is 1. The smallest absolute Gasteiger partial charge is 0.0495 e. The maximum Gasteiger partial charge on any atom is 0.0495 e. The minimum Gasteiger partial charge on any atom is -0.381 e. The van der Waals surface area contributed by atoms with E-state index in [-0.39, 0.29) is 0 Å². The largest absolute Gasteiger partial charge is 0.381 e. The molecule has 1 unspecified atom stereocenters. The average Bonchev–Trinajstić information content (AvgIpc) is 2.74. The van der Waals surface area contributed by atoms with Gasteiger partial charge in [0.05, 0.1) is 0 Å². The lowest BCUT2D eigenvalue weighted by molar-refractivity contribution is 0.176. The highest BCUT2D eigenvalue weighted by Gasteiger charge is 2.17. The molecule has 0 spiro atoms. The third kappa shape index (κ3) is 3.76. The quantitative estimate of drug-likeness (QED) is 0.706. The lowest BCUT2D eigenvalue weighted by atomic mass is 9.98. The van der Waals surface area contributed by atoms with Crippen LogP contribution >= 0.6 is 0 Å². The molecule has 1 atom stereocenters. The molecule has 0 N–H and O–H groups in total. The van der Waals surface area contributed by atoms with Crippen LogP contribution in [0.1, 0.15) is 32.1 Å². The Kier molecular flexibility index (Phi) is 4.45. The predicted molar refractivity (Wildman–Crippen MR) is 62.7 cm³/mol. The molecule has 15 heavy (non-hydrogen) atoms. The van der Waals surface area contributed by atoms with Crippen molar-refractivity contribution in [1.82, 2.24) is 4.90 Å². The summed E-state index contributed by atoms with van der Waals surface area (Å²) in [6.45, 7) is 9.99. The molecule has 2 aliphatic rings. The van der Waals surface area contributed by atoms with Crippen LogP contribution in [-0.4, -0.2) is 37.7 Å². The number of ether oxygens (including phenoxy) is 1. The molecule has 2 nitrogen and oxygen atoms in total. The molecule has 2 heteroatoms. The van der Waals surface area contributed by atoms with Gasteiger partial charge in [0, 0.05) is 13.2 Å². The van der Waals surface area contributed by atoms with Crippen molar-refractivity contribution in [3.05, 3.63) is 6.92 Å². The van der Waals surface area contributed by atoms with Gasteiger partial charge in [-0.15, -0.1) is 0 Å². The Morgan fingerprint density at radius 2 is 2.00 bits per heavy atom. The average molecular weight is 210 g/mol. The summed E-state index contributed by atoms with van der Waals surface area (Å²) in [4.78, 5) is 2.61. The zero-order chi connectivity index (χ0) is 10.5. The number of rotatable bonds is 4. The predicted octanol–water partition coefficient (Wildman–Crippen LogP) is 2.35. The van der Waals surface area contributed by atoms with E-state index < -0.39 is 0 Å². The Morgan fingerprint density at radius 1 is 1.20 bits per heavy atom. The summed E-state index contributed by atoms with van der Waals surface area (Å²) < 4.78 is 5.39. The van der Waals surface area contributed by atoms with E-state index in [1.165, 1.54) is 51.7 Å². The van der Waals surface area contributed by atoms with Crippen molar-refractivity contribution in [2.24, 2.45) is 11.8 Å². The van der Waals surface area contributed by atoms with E-state index in [4.69, 9.17) is 4.74 Å². The third-order valence-electron chi connectivity index (χ3n) is 3.82. The fraction of sp³-hybridized carbons (Fsp3) is 0.923. The van der Waals surface area contributed by atoms with Crippen LogP contribution in [0.25, 0.3) is 0 Å². The monoisotopic (exact) mass is 210 g/mol. The first-order valence-corrected chi connectivity index (χ1v) is 6.48. The standard InChI is InChI=1S/C13H24NO/c1-12-4-8-14(9-5-12)7-2-3-13-6-10-15-11-13/h12-13H,1-11H2. The van der Waals surface area contributed by atoms with Gasteiger partial charge in [0.1, 0.15) is 0 Å². The van der Waals surface area contributed by atoms with Gasteiger partial charge < -0.3 is 9.64 Å². The molecule has 2 aliphatic heterocycles. The van der Waals surface area contributed by atoms with Crippen LogP contribution in [0, 0.1) is 18.8 Å². The molecule has 1 radical (unpaired) electrons. The Balaban J connectivity index is 1.53. The van der Waals surface area contributed by atoms with E-state index in [0.29, 0.717) is 5.92 Å². The summed E-state index contributed by atoms with van der Waals surface area (Å²) in [7, 11) is 0. The number of nitrogens with zero attached hydrogens (tertiary/aromatic N) is 1. The fourth-order valence-corrected chi connectivity index (χ4v) is 2.62. The van der Waals surface area contributed by atoms with E-state index in [1.807, 2.05) is 0 Å². The minimum atomic E-state index is 0.712. The first-order chi connectivity index (χ1) is 7.34. The van der Waals surface area contributed by atoms with Crippen molar-refractivity contribution in [1.29, 1.82) is 0 Å². The highest BCUT2D eigenvalue weighted by Crippen LogP contribution is 2.20. The van der Waals surface area contributed by atoms with Crippen LogP contribution in [-0.2, 0) is 4.74 Å². The second-order valence-electron chi connectivity index (χ2n) is 5.16. The number of hydrogen-bond acceptors (Lipinski definition) is 2. The van der Waals surface area contributed by atoms with Gasteiger partial charge in [-0.05, 0) is 63.6 Å². The van der Waals surface area contributed by atoms with E-state index in [0.717, 1.165) is 19.1 Å². The molecule has 0 amide bonds. The molecule has 0 aromatic rings. The van der Waals surface area contributed by atoms with Crippen molar-refractivity contribution in [3.63, 3.8) is 0 Å². The minimum absolute atomic E-state index is 0.712. The van der Waals surface area contributed by atoms with Gasteiger partial charge in [-0.1, -0.05) is 6.92 Å². The molecule has 87 valence electrons. The summed E-state index contributed by atoms with van der Waals surface area (Å²) in [5, 5.41) is 0. The van der Waals surface area contributed by atoms with Gasteiger partial charge >= 0.3 is 0 Å². The molecule has 0 saturated carbocycles. The van der Waals surface area contributed by atoms with Crippen LogP contribution in [0.4, 0.5) is 0 Å². The maximum atomic E-state index is 5.39. The van der Waals surface area contributed by atoms with E-state index in [1.54, 1.807) is 0 Å². The molecule has 0 bridgehead atoms. The zero-order valence-corrected chi connectivity index (χ0v) is 9.79. The fourth-order valence-electron chi connectivity index (χ4n) is 2.62. The Hall–Kier alpha value is -0.0800. The van der Waals surface area contributed by atoms with Crippen molar-refractivity contribution >= 4 is 0 Å². The topological polar surface area (TPSA) is 12.5 Å². The molecule has 2 rings (SSSR count). The lowest BCUT2D eigenvalue weighted by Gasteiger charge is -2.30. The summed E-state index contributed by atoms with van der Waals surface area (Å²) in [6.07, 6.45) is 6.61. The van der Waals surface area contributed by atoms with Crippen LogP contribution in [0.15, 0.2) is 0 Å². The molecule has 0 aliphatic carbocycles. The zero-order valence-electron chi connectivity index (χ0n) is 9.79. The van der Waals surface area contributed by atoms with Gasteiger partial charge in [0.15, 0.2) is 0 Å². The molecular formula is C13H24NO. The van der Waals surface area contributed by atoms with Crippen molar-refractivity contribution in [2.45, 2.75) is 32.1 Å². The van der Waals surface area contributed by atoms with E-state index >= 15 is 0 Å². The summed E-state index contributed by atoms with van der Waals surface area (Å²) in [6, 6.07) is 0. The van der Waals surface area contributed by atoms with Gasteiger partial charge in [0.2, 0.25) is 0 Å². The molecular weight excluding hydrogens is 186 g/mol. The summed E-state index contributed by atoms with van der Waals surface area (Å²) >= 11 is 0. The molecule has 0 aromatic carbocycles. The Bertz CT molecular complexity index is 169. The molecule has 2 heterocycles. The van der Waals surface area contributed by atoms with Crippen LogP contribution in [0.3, 0.4) is 0 Å². The van der Waals surface area contributed by atoms with E-state index in [2.05, 4.69) is 11.8 Å². The second kappa shape index (κ2) is 5.86. The van der Waals surface area contributed by atoms with Crippen molar-refractivity contribution in [3.8, 4) is 0 Å². The van der Waals surface area contributed by atoms with Crippen LogP contribution in [0.5, 0.6) is 0 Å². The van der Waals surface area contributed by atoms with E-state index in [9.17, 15) is 0 Å². The molecule has 0 aromatic heterocycles. The molecule has 2 saturated heterocycles. The normalized spacial score (nSPS) is 29.8. The number of hydrogen-bond donors (Lipinski definition) is 0. The third-order valence-corrected chi connectivity index (χ3v) is 3.82. The van der Waals surface area contributed by atoms with Crippen LogP contribution in [0.2, 0.25) is 0 Å². The maximum absolute atomic E-state index is 5.39. The molecule has 2 fully saturated rings. The summed E-state index contributed by atoms with van der Waals surface area (Å²) in [5.41, 5.74) is 0. The van der Waals surface area contributed by atoms with Crippen LogP contribution < -0.4 is 0 Å². The summed E-state index contributed by atoms with van der Waals surface area (Å²) in [5.74, 6) is 1.57. The SMILES string of the molecule is [CH2]C1CCN(CCCC2CCOC2)CC1. The highest BCUT2D eigenvalue weighted by molar-refractivity contribution is 4.74. The van der Waals surface area contributed by atoms with Gasteiger partial charge in [-0.3, -0.25) is 0 Å². The Morgan fingerprint density at radius 3 is 2.67 bits per heavy atom. The van der Waals surface area contributed by atoms with Gasteiger partial charge in [-0.25, -0.2) is 0 Å². The first kappa shape index (κ1) is 11.4. The second-order valence-corrected chi connectivity index (χ2v) is 5.16. The van der Waals surface area contributed by atoms with Crippen molar-refractivity contribution < 1.29 is 4.74 Å². The lowest BCUT2D eigenvalue weighted by Crippen LogP contribution is -2.33. The Labute approximate surface area is 94.0 Å². The highest BCUT2D eigenvalue weighted by atomic mass is 16.5. The van der Waals surface area contributed by atoms with Crippen molar-refractivity contribution in [2.75, 3.05) is 32.8 Å². The van der Waals surface area contributed by atoms with Gasteiger partial charge in [0.25, 0.3) is 0 Å². The first-order valence-electron chi connectivity index (χ1n) is 6.48.